The van der Waals surface area contributed by atoms with Crippen molar-refractivity contribution in [2.75, 3.05) is 33.7 Å². The zero-order valence-corrected chi connectivity index (χ0v) is 11.3. The predicted octanol–water partition coefficient (Wildman–Crippen LogP) is 0.248. The molecule has 0 spiro atoms. The third kappa shape index (κ3) is 3.12. The van der Waals surface area contributed by atoms with Crippen LogP contribution in [0.15, 0.2) is 30.3 Å². The molecule has 1 aromatic rings. The first-order valence-corrected chi connectivity index (χ1v) is 6.35. The highest BCUT2D eigenvalue weighted by Crippen LogP contribution is 2.15. The Balaban J connectivity index is 2.06. The van der Waals surface area contributed by atoms with Crippen molar-refractivity contribution in [1.82, 2.24) is 15.1 Å². The molecule has 5 nitrogen and oxygen atoms in total. The smallest absolute Gasteiger partial charge is 0.242 e. The van der Waals surface area contributed by atoms with Gasteiger partial charge in [-0.15, -0.1) is 0 Å². The Bertz CT molecular complexity index is 461. The Morgan fingerprint density at radius 2 is 1.84 bits per heavy atom. The van der Waals surface area contributed by atoms with Crippen molar-refractivity contribution in [3.8, 4) is 0 Å². The van der Waals surface area contributed by atoms with Gasteiger partial charge in [-0.3, -0.25) is 9.59 Å². The fraction of sp³-hybridized carbons (Fsp3) is 0.429. The number of benzene rings is 1. The molecule has 1 aliphatic rings. The molecule has 1 atom stereocenters. The minimum atomic E-state index is -0.0116. The van der Waals surface area contributed by atoms with E-state index in [0.717, 1.165) is 5.56 Å². The molecule has 1 unspecified atom stereocenters. The van der Waals surface area contributed by atoms with Gasteiger partial charge in [0.05, 0.1) is 13.1 Å². The first-order chi connectivity index (χ1) is 9.11. The summed E-state index contributed by atoms with van der Waals surface area (Å²) in [5.74, 6) is -0.0132. The molecule has 1 heterocycles. The van der Waals surface area contributed by atoms with E-state index in [1.807, 2.05) is 37.4 Å². The maximum Gasteiger partial charge on any atom is 0.242 e. The van der Waals surface area contributed by atoms with Crippen molar-refractivity contribution < 1.29 is 9.59 Å². The lowest BCUT2D eigenvalue weighted by molar-refractivity contribution is -0.149. The van der Waals surface area contributed by atoms with Gasteiger partial charge in [0.2, 0.25) is 11.8 Å². The summed E-state index contributed by atoms with van der Waals surface area (Å²) < 4.78 is 0. The molecular formula is C14H19N3O2. The molecule has 2 rings (SSSR count). The SMILES string of the molecule is CNC(CN1CC(=O)N(C)CC1=O)c1ccccc1. The number of nitrogens with zero attached hydrogens (tertiary/aromatic N) is 2. The molecule has 19 heavy (non-hydrogen) atoms. The summed E-state index contributed by atoms with van der Waals surface area (Å²) in [7, 11) is 3.52. The van der Waals surface area contributed by atoms with Gasteiger partial charge < -0.3 is 15.1 Å². The average Bonchev–Trinajstić information content (AvgIpc) is 2.42. The topological polar surface area (TPSA) is 52.7 Å². The quantitative estimate of drug-likeness (QED) is 0.845. The van der Waals surface area contributed by atoms with Crippen LogP contribution in [0.4, 0.5) is 0 Å². The summed E-state index contributed by atoms with van der Waals surface area (Å²) >= 11 is 0. The highest BCUT2D eigenvalue weighted by atomic mass is 16.2. The van der Waals surface area contributed by atoms with Crippen molar-refractivity contribution in [2.45, 2.75) is 6.04 Å². The molecule has 102 valence electrons. The Morgan fingerprint density at radius 3 is 2.47 bits per heavy atom. The molecule has 2 amide bonds. The van der Waals surface area contributed by atoms with Crippen LogP contribution in [0.5, 0.6) is 0 Å². The molecular weight excluding hydrogens is 242 g/mol. The minimum Gasteiger partial charge on any atom is -0.335 e. The Hall–Kier alpha value is -1.88. The second kappa shape index (κ2) is 5.84. The standard InChI is InChI=1S/C14H19N3O2/c1-15-12(11-6-4-3-5-7-11)8-17-10-13(18)16(2)9-14(17)19/h3-7,12,15H,8-10H2,1-2H3. The van der Waals surface area contributed by atoms with Gasteiger partial charge in [0.25, 0.3) is 0 Å². The van der Waals surface area contributed by atoms with E-state index in [-0.39, 0.29) is 30.9 Å². The van der Waals surface area contributed by atoms with Crippen LogP contribution in [0.2, 0.25) is 0 Å². The molecule has 0 aliphatic carbocycles. The van der Waals surface area contributed by atoms with Gasteiger partial charge in [0, 0.05) is 19.6 Å². The zero-order chi connectivity index (χ0) is 13.8. The summed E-state index contributed by atoms with van der Waals surface area (Å²) in [6.45, 7) is 0.851. The van der Waals surface area contributed by atoms with E-state index in [1.54, 1.807) is 11.9 Å². The van der Waals surface area contributed by atoms with Crippen molar-refractivity contribution in [3.63, 3.8) is 0 Å². The minimum absolute atomic E-state index is 0.00159. The van der Waals surface area contributed by atoms with E-state index in [1.165, 1.54) is 4.90 Å². The van der Waals surface area contributed by atoms with Gasteiger partial charge in [-0.1, -0.05) is 30.3 Å². The Labute approximate surface area is 113 Å². The molecule has 0 aromatic heterocycles. The molecule has 1 saturated heterocycles. The number of amides is 2. The van der Waals surface area contributed by atoms with Crippen molar-refractivity contribution >= 4 is 11.8 Å². The van der Waals surface area contributed by atoms with Gasteiger partial charge in [0.15, 0.2) is 0 Å². The normalized spacial score (nSPS) is 17.8. The second-order valence-electron chi connectivity index (χ2n) is 4.78. The largest absolute Gasteiger partial charge is 0.335 e. The van der Waals surface area contributed by atoms with Crippen LogP contribution < -0.4 is 5.32 Å². The summed E-state index contributed by atoms with van der Waals surface area (Å²) in [6, 6.07) is 9.97. The van der Waals surface area contributed by atoms with Gasteiger partial charge in [-0.2, -0.15) is 0 Å². The predicted molar refractivity (Wildman–Crippen MR) is 72.5 cm³/mol. The lowest BCUT2D eigenvalue weighted by Crippen LogP contribution is -2.53. The third-order valence-corrected chi connectivity index (χ3v) is 3.43. The van der Waals surface area contributed by atoms with Crippen LogP contribution in [0.3, 0.4) is 0 Å². The van der Waals surface area contributed by atoms with Crippen LogP contribution in [0.25, 0.3) is 0 Å². The zero-order valence-electron chi connectivity index (χ0n) is 11.3. The number of nitrogens with one attached hydrogen (secondary N) is 1. The van der Waals surface area contributed by atoms with Crippen molar-refractivity contribution in [1.29, 1.82) is 0 Å². The van der Waals surface area contributed by atoms with Crippen molar-refractivity contribution in [3.05, 3.63) is 35.9 Å². The average molecular weight is 261 g/mol. The monoisotopic (exact) mass is 261 g/mol. The fourth-order valence-corrected chi connectivity index (χ4v) is 2.20. The van der Waals surface area contributed by atoms with Crippen LogP contribution >= 0.6 is 0 Å². The molecule has 1 aromatic carbocycles. The summed E-state index contributed by atoms with van der Waals surface area (Å²) in [5, 5.41) is 3.19. The van der Waals surface area contributed by atoms with Crippen LogP contribution in [0.1, 0.15) is 11.6 Å². The number of likely N-dealkylation sites (N-methyl/N-ethyl adjacent to an activating group) is 2. The Morgan fingerprint density at radius 1 is 1.16 bits per heavy atom. The lowest BCUT2D eigenvalue weighted by atomic mass is 10.1. The Kier molecular flexibility index (Phi) is 4.16. The maximum atomic E-state index is 11.9. The lowest BCUT2D eigenvalue weighted by Gasteiger charge is -2.34. The van der Waals surface area contributed by atoms with E-state index < -0.39 is 0 Å². The van der Waals surface area contributed by atoms with E-state index in [9.17, 15) is 9.59 Å². The van der Waals surface area contributed by atoms with E-state index in [2.05, 4.69) is 5.32 Å². The molecule has 5 heteroatoms. The van der Waals surface area contributed by atoms with Gasteiger partial charge in [-0.25, -0.2) is 0 Å². The summed E-state index contributed by atoms with van der Waals surface area (Å²) in [5.41, 5.74) is 1.11. The van der Waals surface area contributed by atoms with E-state index in [0.29, 0.717) is 6.54 Å². The number of hydrogen-bond donors (Lipinski definition) is 1. The van der Waals surface area contributed by atoms with E-state index >= 15 is 0 Å². The first kappa shape index (κ1) is 13.5. The van der Waals surface area contributed by atoms with Crippen LogP contribution in [-0.4, -0.2) is 55.3 Å². The highest BCUT2D eigenvalue weighted by molar-refractivity contribution is 5.92. The molecule has 1 N–H and O–H groups in total. The van der Waals surface area contributed by atoms with Gasteiger partial charge >= 0.3 is 0 Å². The molecule has 1 fully saturated rings. The molecule has 1 aliphatic heterocycles. The van der Waals surface area contributed by atoms with Gasteiger partial charge in [-0.05, 0) is 12.6 Å². The number of hydrogen-bond acceptors (Lipinski definition) is 3. The van der Waals surface area contributed by atoms with Crippen LogP contribution in [-0.2, 0) is 9.59 Å². The van der Waals surface area contributed by atoms with Crippen molar-refractivity contribution in [2.24, 2.45) is 0 Å². The molecule has 0 radical (unpaired) electrons. The third-order valence-electron chi connectivity index (χ3n) is 3.43. The number of rotatable bonds is 4. The highest BCUT2D eigenvalue weighted by Gasteiger charge is 2.29. The molecule has 0 saturated carbocycles. The summed E-state index contributed by atoms with van der Waals surface area (Å²) in [4.78, 5) is 26.7. The number of carbonyl (C=O) groups is 2. The number of carbonyl (C=O) groups excluding carboxylic acids is 2. The number of piperazine rings is 1. The second-order valence-corrected chi connectivity index (χ2v) is 4.78. The fourth-order valence-electron chi connectivity index (χ4n) is 2.20. The first-order valence-electron chi connectivity index (χ1n) is 6.35. The molecule has 0 bridgehead atoms. The maximum absolute atomic E-state index is 11.9. The van der Waals surface area contributed by atoms with E-state index in [4.69, 9.17) is 0 Å². The summed E-state index contributed by atoms with van der Waals surface area (Å²) in [6.07, 6.45) is 0. The van der Waals surface area contributed by atoms with Gasteiger partial charge in [0.1, 0.15) is 0 Å². The van der Waals surface area contributed by atoms with Crippen LogP contribution in [0, 0.1) is 0 Å².